The van der Waals surface area contributed by atoms with E-state index in [4.69, 9.17) is 28.9 Å². The molecule has 1 aliphatic carbocycles. The average molecular weight is 375 g/mol. The van der Waals surface area contributed by atoms with Crippen LogP contribution in [0.2, 0.25) is 0 Å². The van der Waals surface area contributed by atoms with Gasteiger partial charge in [0, 0.05) is 25.0 Å². The van der Waals surface area contributed by atoms with E-state index in [1.807, 2.05) is 4.90 Å². The smallest absolute Gasteiger partial charge is 0.271 e. The zero-order valence-electron chi connectivity index (χ0n) is 13.4. The van der Waals surface area contributed by atoms with Crippen LogP contribution in [0, 0.1) is 11.8 Å². The zero-order chi connectivity index (χ0) is 17.3. The van der Waals surface area contributed by atoms with Crippen molar-refractivity contribution in [1.29, 1.82) is 0 Å². The van der Waals surface area contributed by atoms with E-state index in [0.717, 1.165) is 12.8 Å². The molecule has 1 aromatic heterocycles. The van der Waals surface area contributed by atoms with E-state index in [9.17, 15) is 9.90 Å². The molecule has 0 bridgehead atoms. The molecule has 3 rings (SSSR count). The summed E-state index contributed by atoms with van der Waals surface area (Å²) in [5.41, 5.74) is 6.97. The number of likely N-dealkylation sites (tertiary alicyclic amines) is 1. The van der Waals surface area contributed by atoms with E-state index in [2.05, 4.69) is 9.97 Å². The molecule has 2 fully saturated rings. The van der Waals surface area contributed by atoms with Crippen molar-refractivity contribution in [3.05, 3.63) is 18.2 Å². The summed E-state index contributed by atoms with van der Waals surface area (Å²) in [6, 6.07) is -0.116. The largest absolute Gasteiger partial charge is 0.393 e. The Balaban J connectivity index is 1.55. The number of hydrogen-bond acceptors (Lipinski definition) is 4. The van der Waals surface area contributed by atoms with Gasteiger partial charge in [0.25, 0.3) is 5.91 Å². The van der Waals surface area contributed by atoms with E-state index in [1.54, 1.807) is 6.20 Å². The minimum atomic E-state index is -0.498. The van der Waals surface area contributed by atoms with Crippen LogP contribution in [0.15, 0.2) is 12.5 Å². The third kappa shape index (κ3) is 3.72. The fourth-order valence-electron chi connectivity index (χ4n) is 3.91. The Morgan fingerprint density at radius 1 is 1.33 bits per heavy atom. The molecule has 0 radical (unpaired) electrons. The van der Waals surface area contributed by atoms with E-state index in [-0.39, 0.29) is 34.5 Å². The first kappa shape index (κ1) is 18.0. The van der Waals surface area contributed by atoms with Gasteiger partial charge in [0.1, 0.15) is 5.69 Å². The van der Waals surface area contributed by atoms with Gasteiger partial charge in [-0.3, -0.25) is 4.79 Å². The van der Waals surface area contributed by atoms with Gasteiger partial charge >= 0.3 is 0 Å². The van der Waals surface area contributed by atoms with Crippen LogP contribution in [0.4, 0.5) is 0 Å². The Hall–Kier alpha value is -0.820. The van der Waals surface area contributed by atoms with Crippen LogP contribution in [-0.2, 0) is 0 Å². The van der Waals surface area contributed by atoms with Crippen LogP contribution in [0.25, 0.3) is 0 Å². The van der Waals surface area contributed by atoms with Crippen LogP contribution in [0.5, 0.6) is 0 Å². The number of rotatable bonds is 3. The number of halogens is 2. The number of carbonyl (C=O) groups is 1. The number of aromatic amines is 1. The highest BCUT2D eigenvalue weighted by atomic mass is 35.5. The summed E-state index contributed by atoms with van der Waals surface area (Å²) < 4.78 is 0. The van der Waals surface area contributed by atoms with E-state index < -0.39 is 6.10 Å². The number of nitrogens with one attached hydrogen (secondary N) is 1. The van der Waals surface area contributed by atoms with Crippen LogP contribution in [0.3, 0.4) is 0 Å². The third-order valence-electron chi connectivity index (χ3n) is 5.44. The van der Waals surface area contributed by atoms with Crippen molar-refractivity contribution in [3.8, 4) is 0 Å². The molecule has 2 heterocycles. The molecule has 1 aromatic rings. The van der Waals surface area contributed by atoms with Gasteiger partial charge in [-0.1, -0.05) is 0 Å². The molecule has 1 aliphatic heterocycles. The Bertz CT molecular complexity index is 548. The maximum Gasteiger partial charge on any atom is 0.271 e. The highest BCUT2D eigenvalue weighted by molar-refractivity contribution is 6.30. The standard InChI is InChI=1S/C16H24Cl2N4O2/c17-11-5-10(14(23)6-12(11)18)15(19)9-1-3-22(4-2-9)16(24)13-7-20-8-21-13/h7-12,14-15,23H,1-6,19H2,(H,20,21)/t10?,11?,12?,14?,15-/m1/s1. The maximum absolute atomic E-state index is 12.3. The number of piperidine rings is 1. The summed E-state index contributed by atoms with van der Waals surface area (Å²) in [6.45, 7) is 1.34. The molecule has 2 aliphatic rings. The second-order valence-electron chi connectivity index (χ2n) is 6.91. The van der Waals surface area contributed by atoms with E-state index in [1.165, 1.54) is 6.33 Å². The lowest BCUT2D eigenvalue weighted by molar-refractivity contribution is 0.0337. The Kier molecular flexibility index (Phi) is 5.70. The molecule has 4 unspecified atom stereocenters. The lowest BCUT2D eigenvalue weighted by atomic mass is 9.74. The fraction of sp³-hybridized carbons (Fsp3) is 0.750. The quantitative estimate of drug-likeness (QED) is 0.699. The number of nitrogens with two attached hydrogens (primary N) is 1. The monoisotopic (exact) mass is 374 g/mol. The molecule has 1 saturated heterocycles. The fourth-order valence-corrected chi connectivity index (χ4v) is 4.51. The number of amides is 1. The highest BCUT2D eigenvalue weighted by Crippen LogP contribution is 2.37. The number of hydrogen-bond donors (Lipinski definition) is 3. The van der Waals surface area contributed by atoms with Crippen LogP contribution in [-0.4, -0.2) is 61.9 Å². The molecule has 5 atom stereocenters. The van der Waals surface area contributed by atoms with Crippen LogP contribution < -0.4 is 5.73 Å². The molecule has 1 saturated carbocycles. The number of H-pyrrole nitrogens is 1. The number of nitrogens with zero attached hydrogens (tertiary/aromatic N) is 2. The van der Waals surface area contributed by atoms with Gasteiger partial charge in [-0.2, -0.15) is 0 Å². The lowest BCUT2D eigenvalue weighted by Gasteiger charge is -2.42. The summed E-state index contributed by atoms with van der Waals surface area (Å²) in [4.78, 5) is 20.9. The third-order valence-corrected chi connectivity index (χ3v) is 6.54. The SMILES string of the molecule is N[C@H](C1CCN(C(=O)c2cnc[nH]2)CC1)C1CC(Cl)C(Cl)CC1O. The summed E-state index contributed by atoms with van der Waals surface area (Å²) in [7, 11) is 0. The predicted molar refractivity (Wildman–Crippen MR) is 93.2 cm³/mol. The van der Waals surface area contributed by atoms with Crippen LogP contribution >= 0.6 is 23.2 Å². The number of imidazole rings is 1. The highest BCUT2D eigenvalue weighted by Gasteiger charge is 2.40. The van der Waals surface area contributed by atoms with Crippen molar-refractivity contribution in [2.45, 2.75) is 48.6 Å². The van der Waals surface area contributed by atoms with Crippen molar-refractivity contribution >= 4 is 29.1 Å². The molecular weight excluding hydrogens is 351 g/mol. The summed E-state index contributed by atoms with van der Waals surface area (Å²) in [6.07, 6.45) is 5.36. The van der Waals surface area contributed by atoms with Crippen molar-refractivity contribution in [2.24, 2.45) is 17.6 Å². The van der Waals surface area contributed by atoms with Gasteiger partial charge in [0.15, 0.2) is 0 Å². The molecule has 4 N–H and O–H groups in total. The Morgan fingerprint density at radius 3 is 2.62 bits per heavy atom. The van der Waals surface area contributed by atoms with Crippen molar-refractivity contribution < 1.29 is 9.90 Å². The molecule has 8 heteroatoms. The second-order valence-corrected chi connectivity index (χ2v) is 8.03. The van der Waals surface area contributed by atoms with Crippen LogP contribution in [0.1, 0.15) is 36.2 Å². The second kappa shape index (κ2) is 7.60. The van der Waals surface area contributed by atoms with Gasteiger partial charge in [-0.15, -0.1) is 23.2 Å². The lowest BCUT2D eigenvalue weighted by Crippen LogP contribution is -2.51. The van der Waals surface area contributed by atoms with E-state index >= 15 is 0 Å². The summed E-state index contributed by atoms with van der Waals surface area (Å²) in [5, 5.41) is 9.98. The summed E-state index contributed by atoms with van der Waals surface area (Å²) in [5.74, 6) is 0.233. The van der Waals surface area contributed by atoms with Gasteiger partial charge in [0.2, 0.25) is 0 Å². The Morgan fingerprint density at radius 2 is 2.00 bits per heavy atom. The Labute approximate surface area is 151 Å². The number of aromatic nitrogens is 2. The van der Waals surface area contributed by atoms with Gasteiger partial charge < -0.3 is 20.7 Å². The van der Waals surface area contributed by atoms with E-state index in [0.29, 0.717) is 31.6 Å². The van der Waals surface area contributed by atoms with Crippen molar-refractivity contribution in [2.75, 3.05) is 13.1 Å². The van der Waals surface area contributed by atoms with Crippen molar-refractivity contribution in [1.82, 2.24) is 14.9 Å². The molecule has 134 valence electrons. The first-order chi connectivity index (χ1) is 11.5. The van der Waals surface area contributed by atoms with Crippen molar-refractivity contribution in [3.63, 3.8) is 0 Å². The molecule has 0 aromatic carbocycles. The normalized spacial score (nSPS) is 33.4. The molecule has 0 spiro atoms. The minimum absolute atomic E-state index is 0.0250. The molecule has 24 heavy (non-hydrogen) atoms. The first-order valence-corrected chi connectivity index (χ1v) is 9.34. The molecule has 6 nitrogen and oxygen atoms in total. The minimum Gasteiger partial charge on any atom is -0.393 e. The van der Waals surface area contributed by atoms with Gasteiger partial charge in [0.05, 0.1) is 29.4 Å². The maximum atomic E-state index is 12.3. The first-order valence-electron chi connectivity index (χ1n) is 8.46. The number of alkyl halides is 2. The number of carbonyl (C=O) groups excluding carboxylic acids is 1. The van der Waals surface area contributed by atoms with Gasteiger partial charge in [-0.25, -0.2) is 4.98 Å². The average Bonchev–Trinajstić information content (AvgIpc) is 3.11. The number of aliphatic hydroxyl groups is 1. The topological polar surface area (TPSA) is 95.2 Å². The molecular formula is C16H24Cl2N4O2. The number of aliphatic hydroxyl groups excluding tert-OH is 1. The zero-order valence-corrected chi connectivity index (χ0v) is 15.0. The van der Waals surface area contributed by atoms with Gasteiger partial charge in [-0.05, 0) is 31.6 Å². The predicted octanol–water partition coefficient (Wildman–Crippen LogP) is 1.57. The molecule has 1 amide bonds. The summed E-state index contributed by atoms with van der Waals surface area (Å²) >= 11 is 12.4.